The molecule has 0 radical (unpaired) electrons. The van der Waals surface area contributed by atoms with Crippen LogP contribution in [-0.2, 0) is 9.53 Å². The number of carbonyl (C=O) groups is 1. The number of amides is 1. The van der Waals surface area contributed by atoms with E-state index in [2.05, 4.69) is 9.97 Å². The van der Waals surface area contributed by atoms with E-state index in [0.29, 0.717) is 24.3 Å². The van der Waals surface area contributed by atoms with Crippen molar-refractivity contribution in [1.82, 2.24) is 14.9 Å². The van der Waals surface area contributed by atoms with Crippen LogP contribution in [0.1, 0.15) is 24.5 Å². The predicted molar refractivity (Wildman–Crippen MR) is 87.9 cm³/mol. The normalized spacial score (nSPS) is 17.8. The lowest BCUT2D eigenvalue weighted by Crippen LogP contribution is -2.41. The van der Waals surface area contributed by atoms with Crippen LogP contribution in [0.2, 0.25) is 0 Å². The third-order valence-electron chi connectivity index (χ3n) is 4.28. The van der Waals surface area contributed by atoms with Gasteiger partial charge in [0.1, 0.15) is 12.4 Å². The molecular formula is C18H20FN3O2. The first-order valence-electron chi connectivity index (χ1n) is 8.03. The molecule has 1 aromatic heterocycles. The molecule has 1 fully saturated rings. The Kier molecular flexibility index (Phi) is 5.15. The minimum absolute atomic E-state index is 0.0291. The van der Waals surface area contributed by atoms with Gasteiger partial charge >= 0.3 is 0 Å². The molecule has 2 aromatic rings. The standard InChI is InChI=1S/C18H20FN3O2/c1-24-12-16(23)22-10-4-5-13(11-22)17-18(21-9-8-20-17)14-6-2-3-7-15(14)19/h2-3,6-9,13H,4-5,10-12H2,1H3. The van der Waals surface area contributed by atoms with Crippen molar-refractivity contribution in [3.8, 4) is 11.3 Å². The van der Waals surface area contributed by atoms with Crippen molar-refractivity contribution in [1.29, 1.82) is 0 Å². The van der Waals surface area contributed by atoms with Gasteiger partial charge < -0.3 is 9.64 Å². The second kappa shape index (κ2) is 7.49. The number of halogens is 1. The van der Waals surface area contributed by atoms with Gasteiger partial charge in [-0.05, 0) is 25.0 Å². The van der Waals surface area contributed by atoms with Crippen molar-refractivity contribution in [3.05, 3.63) is 48.2 Å². The number of aromatic nitrogens is 2. The van der Waals surface area contributed by atoms with Crippen LogP contribution in [0.4, 0.5) is 4.39 Å². The summed E-state index contributed by atoms with van der Waals surface area (Å²) in [6.45, 7) is 1.35. The summed E-state index contributed by atoms with van der Waals surface area (Å²) in [5.41, 5.74) is 1.75. The van der Waals surface area contributed by atoms with E-state index in [4.69, 9.17) is 4.74 Å². The molecule has 1 atom stereocenters. The van der Waals surface area contributed by atoms with Crippen molar-refractivity contribution in [2.45, 2.75) is 18.8 Å². The first kappa shape index (κ1) is 16.5. The number of rotatable bonds is 4. The molecule has 5 nitrogen and oxygen atoms in total. The van der Waals surface area contributed by atoms with E-state index in [1.54, 1.807) is 35.5 Å². The Bertz CT molecular complexity index is 723. The minimum Gasteiger partial charge on any atom is -0.375 e. The van der Waals surface area contributed by atoms with Crippen molar-refractivity contribution >= 4 is 5.91 Å². The van der Waals surface area contributed by atoms with E-state index in [9.17, 15) is 9.18 Å². The molecular weight excluding hydrogens is 309 g/mol. The molecule has 1 aliphatic heterocycles. The largest absolute Gasteiger partial charge is 0.375 e. The van der Waals surface area contributed by atoms with Gasteiger partial charge in [-0.3, -0.25) is 14.8 Å². The van der Waals surface area contributed by atoms with E-state index >= 15 is 0 Å². The molecule has 24 heavy (non-hydrogen) atoms. The van der Waals surface area contributed by atoms with E-state index in [-0.39, 0.29) is 24.2 Å². The Balaban J connectivity index is 1.90. The summed E-state index contributed by atoms with van der Waals surface area (Å²) in [6.07, 6.45) is 4.97. The van der Waals surface area contributed by atoms with Gasteiger partial charge in [0.25, 0.3) is 0 Å². The number of likely N-dealkylation sites (tertiary alicyclic amines) is 1. The van der Waals surface area contributed by atoms with Gasteiger partial charge in [0, 0.05) is 44.1 Å². The van der Waals surface area contributed by atoms with Gasteiger partial charge in [-0.15, -0.1) is 0 Å². The summed E-state index contributed by atoms with van der Waals surface area (Å²) in [4.78, 5) is 22.7. The maximum atomic E-state index is 14.2. The number of methoxy groups -OCH3 is 1. The van der Waals surface area contributed by atoms with Gasteiger partial charge in [-0.25, -0.2) is 4.39 Å². The summed E-state index contributed by atoms with van der Waals surface area (Å²) in [5, 5.41) is 0. The van der Waals surface area contributed by atoms with Crippen molar-refractivity contribution in [2.24, 2.45) is 0 Å². The zero-order valence-corrected chi connectivity index (χ0v) is 13.6. The Morgan fingerprint density at radius 3 is 2.92 bits per heavy atom. The molecule has 1 saturated heterocycles. The van der Waals surface area contributed by atoms with E-state index < -0.39 is 0 Å². The SMILES string of the molecule is COCC(=O)N1CCCC(c2nccnc2-c2ccccc2F)C1. The second-order valence-electron chi connectivity index (χ2n) is 5.88. The Hall–Kier alpha value is -2.34. The average molecular weight is 329 g/mol. The molecule has 0 aliphatic carbocycles. The topological polar surface area (TPSA) is 55.3 Å². The molecule has 2 heterocycles. The quantitative estimate of drug-likeness (QED) is 0.865. The van der Waals surface area contributed by atoms with E-state index in [1.165, 1.54) is 13.2 Å². The number of hydrogen-bond acceptors (Lipinski definition) is 4. The highest BCUT2D eigenvalue weighted by atomic mass is 19.1. The first-order valence-corrected chi connectivity index (χ1v) is 8.03. The van der Waals surface area contributed by atoms with Crippen LogP contribution in [0.3, 0.4) is 0 Å². The fraction of sp³-hybridized carbons (Fsp3) is 0.389. The smallest absolute Gasteiger partial charge is 0.248 e. The van der Waals surface area contributed by atoms with Gasteiger partial charge in [-0.2, -0.15) is 0 Å². The van der Waals surface area contributed by atoms with Crippen LogP contribution in [0, 0.1) is 5.82 Å². The summed E-state index contributed by atoms with van der Waals surface area (Å²) in [6, 6.07) is 6.56. The maximum absolute atomic E-state index is 14.2. The van der Waals surface area contributed by atoms with Crippen LogP contribution in [0.25, 0.3) is 11.3 Å². The summed E-state index contributed by atoms with van der Waals surface area (Å²) >= 11 is 0. The van der Waals surface area contributed by atoms with E-state index in [1.807, 2.05) is 0 Å². The molecule has 1 aromatic carbocycles. The number of ether oxygens (including phenoxy) is 1. The van der Waals surface area contributed by atoms with Gasteiger partial charge in [0.05, 0.1) is 11.4 Å². The third kappa shape index (κ3) is 3.43. The second-order valence-corrected chi connectivity index (χ2v) is 5.88. The third-order valence-corrected chi connectivity index (χ3v) is 4.28. The number of piperidine rings is 1. The molecule has 0 N–H and O–H groups in total. The fourth-order valence-corrected chi connectivity index (χ4v) is 3.15. The highest BCUT2D eigenvalue weighted by Gasteiger charge is 2.28. The van der Waals surface area contributed by atoms with Crippen molar-refractivity contribution < 1.29 is 13.9 Å². The zero-order valence-electron chi connectivity index (χ0n) is 13.6. The molecule has 1 unspecified atom stereocenters. The average Bonchev–Trinajstić information content (AvgIpc) is 2.62. The number of nitrogens with zero attached hydrogens (tertiary/aromatic N) is 3. The minimum atomic E-state index is -0.317. The summed E-state index contributed by atoms with van der Waals surface area (Å²) in [5.74, 6) is -0.302. The monoisotopic (exact) mass is 329 g/mol. The lowest BCUT2D eigenvalue weighted by molar-refractivity contribution is -0.136. The number of hydrogen-bond donors (Lipinski definition) is 0. The molecule has 0 spiro atoms. The highest BCUT2D eigenvalue weighted by Crippen LogP contribution is 2.32. The van der Waals surface area contributed by atoms with Gasteiger partial charge in [-0.1, -0.05) is 12.1 Å². The van der Waals surface area contributed by atoms with Crippen molar-refractivity contribution in [3.63, 3.8) is 0 Å². The van der Waals surface area contributed by atoms with E-state index in [0.717, 1.165) is 18.5 Å². The van der Waals surface area contributed by atoms with Crippen LogP contribution in [0.5, 0.6) is 0 Å². The Labute approximate surface area is 140 Å². The lowest BCUT2D eigenvalue weighted by atomic mass is 9.91. The van der Waals surface area contributed by atoms with Crippen LogP contribution in [-0.4, -0.2) is 47.6 Å². The number of carbonyl (C=O) groups excluding carboxylic acids is 1. The number of benzene rings is 1. The molecule has 0 bridgehead atoms. The molecule has 3 rings (SSSR count). The Morgan fingerprint density at radius 2 is 2.12 bits per heavy atom. The first-order chi connectivity index (χ1) is 11.7. The lowest BCUT2D eigenvalue weighted by Gasteiger charge is -2.33. The van der Waals surface area contributed by atoms with Crippen LogP contribution >= 0.6 is 0 Å². The molecule has 1 aliphatic rings. The van der Waals surface area contributed by atoms with Crippen LogP contribution < -0.4 is 0 Å². The molecule has 126 valence electrons. The summed E-state index contributed by atoms with van der Waals surface area (Å²) < 4.78 is 19.1. The maximum Gasteiger partial charge on any atom is 0.248 e. The molecule has 0 saturated carbocycles. The highest BCUT2D eigenvalue weighted by molar-refractivity contribution is 5.77. The summed E-state index contributed by atoms with van der Waals surface area (Å²) in [7, 11) is 1.51. The fourth-order valence-electron chi connectivity index (χ4n) is 3.15. The van der Waals surface area contributed by atoms with Gasteiger partial charge in [0.15, 0.2) is 0 Å². The molecule has 1 amide bonds. The van der Waals surface area contributed by atoms with Gasteiger partial charge in [0.2, 0.25) is 5.91 Å². The molecule has 6 heteroatoms. The van der Waals surface area contributed by atoms with Crippen LogP contribution in [0.15, 0.2) is 36.7 Å². The Morgan fingerprint density at radius 1 is 1.33 bits per heavy atom. The van der Waals surface area contributed by atoms with Crippen molar-refractivity contribution in [2.75, 3.05) is 26.8 Å². The predicted octanol–water partition coefficient (Wildman–Crippen LogP) is 2.64. The zero-order chi connectivity index (χ0) is 16.9.